The van der Waals surface area contributed by atoms with E-state index < -0.39 is 0 Å². The molecular weight excluding hydrogens is 326 g/mol. The second kappa shape index (κ2) is 6.63. The van der Waals surface area contributed by atoms with Crippen LogP contribution in [0.25, 0.3) is 0 Å². The van der Waals surface area contributed by atoms with Crippen molar-refractivity contribution < 1.29 is 0 Å². The summed E-state index contributed by atoms with van der Waals surface area (Å²) in [7, 11) is 2.11. The van der Waals surface area contributed by atoms with E-state index in [1.54, 1.807) is 0 Å². The lowest BCUT2D eigenvalue weighted by Crippen LogP contribution is -2.62. The minimum Gasteiger partial charge on any atom is -0.338 e. The Morgan fingerprint density at radius 3 is 2.58 bits per heavy atom. The topological polar surface area (TPSA) is 53.3 Å². The highest BCUT2D eigenvalue weighted by Crippen LogP contribution is 2.27. The van der Waals surface area contributed by atoms with E-state index in [0.717, 1.165) is 38.7 Å². The second-order valence-electron chi connectivity index (χ2n) is 7.77. The third kappa shape index (κ3) is 2.89. The van der Waals surface area contributed by atoms with Crippen LogP contribution >= 0.6 is 0 Å². The first-order valence-corrected chi connectivity index (χ1v) is 9.80. The van der Waals surface area contributed by atoms with Gasteiger partial charge in [-0.05, 0) is 30.9 Å². The van der Waals surface area contributed by atoms with Gasteiger partial charge in [0.25, 0.3) is 0 Å². The van der Waals surface area contributed by atoms with E-state index in [-0.39, 0.29) is 0 Å². The molecule has 0 saturated carbocycles. The normalized spacial score (nSPS) is 21.8. The zero-order valence-electron chi connectivity index (χ0n) is 15.5. The molecule has 138 valence electrons. The first-order valence-electron chi connectivity index (χ1n) is 9.80. The average Bonchev–Trinajstić information content (AvgIpc) is 3.20. The maximum absolute atomic E-state index is 4.71. The largest absolute Gasteiger partial charge is 0.338 e. The summed E-state index contributed by atoms with van der Waals surface area (Å²) in [4.78, 5) is 16.3. The standard InChI is InChI=1S/C19H27N7/c1-23-18(16-4-2-5-17(16)22-23)14-24-12-15(13-24)25-8-10-26(11-9-25)19-20-6-3-7-21-19/h3,6-7,15H,2,4-5,8-14H2,1H3. The number of hydrogen-bond acceptors (Lipinski definition) is 6. The molecule has 7 heteroatoms. The summed E-state index contributed by atoms with van der Waals surface area (Å²) in [6, 6.07) is 2.58. The molecule has 26 heavy (non-hydrogen) atoms. The van der Waals surface area contributed by atoms with Gasteiger partial charge in [-0.2, -0.15) is 5.10 Å². The van der Waals surface area contributed by atoms with E-state index in [0.29, 0.717) is 6.04 Å². The molecule has 2 aliphatic heterocycles. The number of fused-ring (bicyclic) bond motifs is 1. The van der Waals surface area contributed by atoms with Crippen LogP contribution in [0, 0.1) is 0 Å². The Balaban J connectivity index is 1.13. The molecule has 0 atom stereocenters. The third-order valence-corrected chi connectivity index (χ3v) is 6.18. The van der Waals surface area contributed by atoms with Gasteiger partial charge in [0.05, 0.1) is 11.4 Å². The lowest BCUT2D eigenvalue weighted by atomic mass is 10.0. The van der Waals surface area contributed by atoms with Crippen molar-refractivity contribution in [3.05, 3.63) is 35.4 Å². The minimum atomic E-state index is 0.704. The maximum Gasteiger partial charge on any atom is 0.225 e. The first kappa shape index (κ1) is 16.2. The molecule has 0 radical (unpaired) electrons. The second-order valence-corrected chi connectivity index (χ2v) is 7.77. The molecule has 2 aromatic heterocycles. The zero-order valence-corrected chi connectivity index (χ0v) is 15.5. The van der Waals surface area contributed by atoms with E-state index in [2.05, 4.69) is 36.4 Å². The van der Waals surface area contributed by atoms with Crippen molar-refractivity contribution >= 4 is 5.95 Å². The van der Waals surface area contributed by atoms with Gasteiger partial charge in [0, 0.05) is 71.3 Å². The summed E-state index contributed by atoms with van der Waals surface area (Å²) < 4.78 is 2.12. The summed E-state index contributed by atoms with van der Waals surface area (Å²) in [5, 5.41) is 4.71. The van der Waals surface area contributed by atoms with E-state index >= 15 is 0 Å². The molecule has 2 saturated heterocycles. The van der Waals surface area contributed by atoms with Crippen LogP contribution in [0.1, 0.15) is 23.4 Å². The predicted molar refractivity (Wildman–Crippen MR) is 100 cm³/mol. The van der Waals surface area contributed by atoms with Crippen molar-refractivity contribution in [1.82, 2.24) is 29.5 Å². The fraction of sp³-hybridized carbons (Fsp3) is 0.632. The number of aryl methyl sites for hydroxylation is 2. The monoisotopic (exact) mass is 353 g/mol. The number of piperazine rings is 1. The highest BCUT2D eigenvalue weighted by Gasteiger charge is 2.35. The van der Waals surface area contributed by atoms with Crippen LogP contribution < -0.4 is 4.90 Å². The molecule has 2 fully saturated rings. The van der Waals surface area contributed by atoms with Gasteiger partial charge in [-0.1, -0.05) is 0 Å². The Morgan fingerprint density at radius 1 is 1.04 bits per heavy atom. The van der Waals surface area contributed by atoms with Crippen molar-refractivity contribution in [2.45, 2.75) is 31.8 Å². The smallest absolute Gasteiger partial charge is 0.225 e. The molecule has 0 amide bonds. The molecule has 3 aliphatic rings. The van der Waals surface area contributed by atoms with Gasteiger partial charge < -0.3 is 4.90 Å². The number of rotatable bonds is 4. The van der Waals surface area contributed by atoms with Crippen molar-refractivity contribution in [1.29, 1.82) is 0 Å². The van der Waals surface area contributed by atoms with Gasteiger partial charge in [0.15, 0.2) is 0 Å². The number of aromatic nitrogens is 4. The summed E-state index contributed by atoms with van der Waals surface area (Å²) in [6.07, 6.45) is 7.32. The van der Waals surface area contributed by atoms with Crippen LogP contribution in [0.2, 0.25) is 0 Å². The van der Waals surface area contributed by atoms with Gasteiger partial charge >= 0.3 is 0 Å². The lowest BCUT2D eigenvalue weighted by Gasteiger charge is -2.48. The fourth-order valence-corrected chi connectivity index (χ4v) is 4.64. The SMILES string of the molecule is Cn1nc2c(c1CN1CC(N3CCN(c4ncccn4)CC3)C1)CCC2. The Labute approximate surface area is 154 Å². The molecule has 0 bridgehead atoms. The van der Waals surface area contributed by atoms with Crippen molar-refractivity contribution in [2.75, 3.05) is 44.2 Å². The van der Waals surface area contributed by atoms with Gasteiger partial charge in [0.1, 0.15) is 0 Å². The van der Waals surface area contributed by atoms with Gasteiger partial charge in [-0.25, -0.2) is 9.97 Å². The first-order chi connectivity index (χ1) is 12.8. The van der Waals surface area contributed by atoms with Crippen LogP contribution in [0.3, 0.4) is 0 Å². The summed E-state index contributed by atoms with van der Waals surface area (Å²) in [6.45, 7) is 7.69. The third-order valence-electron chi connectivity index (χ3n) is 6.18. The van der Waals surface area contributed by atoms with Gasteiger partial charge in [0.2, 0.25) is 5.95 Å². The quantitative estimate of drug-likeness (QED) is 0.807. The summed E-state index contributed by atoms with van der Waals surface area (Å²) >= 11 is 0. The van der Waals surface area contributed by atoms with E-state index in [4.69, 9.17) is 5.10 Å². The molecule has 2 aromatic rings. The molecular formula is C19H27N7. The van der Waals surface area contributed by atoms with Crippen LogP contribution in [0.15, 0.2) is 18.5 Å². The lowest BCUT2D eigenvalue weighted by molar-refractivity contribution is 0.0239. The van der Waals surface area contributed by atoms with Crippen molar-refractivity contribution in [2.24, 2.45) is 7.05 Å². The minimum absolute atomic E-state index is 0.704. The van der Waals surface area contributed by atoms with Gasteiger partial charge in [-0.3, -0.25) is 14.5 Å². The molecule has 0 spiro atoms. The molecule has 0 N–H and O–H groups in total. The molecule has 4 heterocycles. The van der Waals surface area contributed by atoms with Crippen LogP contribution in [-0.4, -0.2) is 74.9 Å². The van der Waals surface area contributed by atoms with E-state index in [9.17, 15) is 0 Å². The maximum atomic E-state index is 4.71. The summed E-state index contributed by atoms with van der Waals surface area (Å²) in [5.41, 5.74) is 4.33. The Morgan fingerprint density at radius 2 is 1.81 bits per heavy atom. The number of anilines is 1. The molecule has 0 aromatic carbocycles. The average molecular weight is 353 g/mol. The highest BCUT2D eigenvalue weighted by atomic mass is 15.4. The molecule has 1 aliphatic carbocycles. The zero-order chi connectivity index (χ0) is 17.5. The van der Waals surface area contributed by atoms with Crippen molar-refractivity contribution in [3.63, 3.8) is 0 Å². The Bertz CT molecular complexity index is 758. The Hall–Kier alpha value is -1.99. The Kier molecular flexibility index (Phi) is 4.13. The van der Waals surface area contributed by atoms with Gasteiger partial charge in [-0.15, -0.1) is 0 Å². The van der Waals surface area contributed by atoms with Crippen LogP contribution in [0.5, 0.6) is 0 Å². The van der Waals surface area contributed by atoms with E-state index in [1.807, 2.05) is 18.5 Å². The fourth-order valence-electron chi connectivity index (χ4n) is 4.64. The number of hydrogen-bond donors (Lipinski definition) is 0. The summed E-state index contributed by atoms with van der Waals surface area (Å²) in [5.74, 6) is 0.868. The highest BCUT2D eigenvalue weighted by molar-refractivity contribution is 5.31. The van der Waals surface area contributed by atoms with Crippen LogP contribution in [0.4, 0.5) is 5.95 Å². The van der Waals surface area contributed by atoms with Crippen molar-refractivity contribution in [3.8, 4) is 0 Å². The van der Waals surface area contributed by atoms with E-state index in [1.165, 1.54) is 49.3 Å². The number of nitrogens with zero attached hydrogens (tertiary/aromatic N) is 7. The number of likely N-dealkylation sites (tertiary alicyclic amines) is 1. The predicted octanol–water partition coefficient (Wildman–Crippen LogP) is 0.705. The molecule has 0 unspecified atom stereocenters. The molecule has 5 rings (SSSR count). The van der Waals surface area contributed by atoms with Crippen LogP contribution in [-0.2, 0) is 26.4 Å². The molecule has 7 nitrogen and oxygen atoms in total.